The number of ether oxygens (including phenoxy) is 2. The van der Waals surface area contributed by atoms with Crippen molar-refractivity contribution in [3.05, 3.63) is 35.9 Å². The Morgan fingerprint density at radius 2 is 1.75 bits per heavy atom. The van der Waals surface area contributed by atoms with Crippen LogP contribution in [0.1, 0.15) is 40.2 Å². The molecular formula is C23H30F2N2O5. The van der Waals surface area contributed by atoms with E-state index < -0.39 is 53.4 Å². The summed E-state index contributed by atoms with van der Waals surface area (Å²) in [6.45, 7) is 7.29. The maximum Gasteiger partial charge on any atom is 0.410 e. The first-order valence-corrected chi connectivity index (χ1v) is 10.6. The number of halogens is 2. The fourth-order valence-electron chi connectivity index (χ4n) is 4.07. The molecule has 9 heteroatoms. The van der Waals surface area contributed by atoms with E-state index in [1.165, 1.54) is 4.90 Å². The first-order chi connectivity index (χ1) is 14.7. The van der Waals surface area contributed by atoms with E-state index >= 15 is 0 Å². The molecule has 0 N–H and O–H groups in total. The lowest BCUT2D eigenvalue weighted by Crippen LogP contribution is -2.46. The topological polar surface area (TPSA) is 76.2 Å². The number of benzene rings is 1. The van der Waals surface area contributed by atoms with E-state index in [0.29, 0.717) is 0 Å². The summed E-state index contributed by atoms with van der Waals surface area (Å²) in [5.74, 6) is -6.32. The minimum atomic E-state index is -3.38. The number of fused-ring (bicyclic) bond motifs is 1. The zero-order chi connectivity index (χ0) is 23.9. The maximum absolute atomic E-state index is 14.7. The van der Waals surface area contributed by atoms with Crippen molar-refractivity contribution in [3.63, 3.8) is 0 Å². The van der Waals surface area contributed by atoms with Crippen molar-refractivity contribution in [2.24, 2.45) is 11.3 Å². The van der Waals surface area contributed by atoms with Crippen LogP contribution >= 0.6 is 0 Å². The highest BCUT2D eigenvalue weighted by Crippen LogP contribution is 2.44. The second-order valence-corrected chi connectivity index (χ2v) is 10.1. The fraction of sp³-hybridized carbons (Fsp3) is 0.609. The molecular weight excluding hydrogens is 422 g/mol. The van der Waals surface area contributed by atoms with Crippen LogP contribution in [0.2, 0.25) is 0 Å². The molecule has 2 fully saturated rings. The van der Waals surface area contributed by atoms with Gasteiger partial charge in [-0.1, -0.05) is 30.3 Å². The number of hydrogen-bond donors (Lipinski definition) is 0. The molecule has 0 bridgehead atoms. The predicted molar refractivity (Wildman–Crippen MR) is 112 cm³/mol. The predicted octanol–water partition coefficient (Wildman–Crippen LogP) is 3.47. The Balaban J connectivity index is 1.70. The van der Waals surface area contributed by atoms with Gasteiger partial charge in [-0.3, -0.25) is 14.5 Å². The molecule has 0 spiro atoms. The molecule has 2 aliphatic rings. The molecule has 2 aliphatic heterocycles. The van der Waals surface area contributed by atoms with Crippen molar-refractivity contribution in [1.82, 2.24) is 9.80 Å². The highest BCUT2D eigenvalue weighted by atomic mass is 19.3. The van der Waals surface area contributed by atoms with Crippen LogP contribution in [0.4, 0.5) is 13.6 Å². The number of alkyl halides is 2. The normalized spacial score (nSPS) is 22.7. The van der Waals surface area contributed by atoms with E-state index in [-0.39, 0.29) is 19.7 Å². The molecule has 2 amide bonds. The summed E-state index contributed by atoms with van der Waals surface area (Å²) in [6.07, 6.45) is -0.887. The summed E-state index contributed by atoms with van der Waals surface area (Å²) >= 11 is 0. The summed E-state index contributed by atoms with van der Waals surface area (Å²) < 4.78 is 40.1. The van der Waals surface area contributed by atoms with Crippen LogP contribution in [0.15, 0.2) is 30.3 Å². The smallest absolute Gasteiger partial charge is 0.410 e. The van der Waals surface area contributed by atoms with Gasteiger partial charge in [0, 0.05) is 13.1 Å². The van der Waals surface area contributed by atoms with Gasteiger partial charge in [-0.2, -0.15) is 0 Å². The molecule has 0 aromatic heterocycles. The number of amides is 2. The number of esters is 1. The van der Waals surface area contributed by atoms with Gasteiger partial charge in [-0.25, -0.2) is 13.6 Å². The van der Waals surface area contributed by atoms with Gasteiger partial charge in [0.2, 0.25) is 5.91 Å². The SMILES string of the molecule is CC(C)(C)OC(=O)C(C)(C)CN1C[C@H]2[C@@H](C1=O)C(F)(F)CN2C(=O)OCc1ccccc1. The molecule has 0 unspecified atom stereocenters. The van der Waals surface area contributed by atoms with Crippen LogP contribution in [0.5, 0.6) is 0 Å². The lowest BCUT2D eigenvalue weighted by Gasteiger charge is -2.32. The summed E-state index contributed by atoms with van der Waals surface area (Å²) in [7, 11) is 0. The number of rotatable bonds is 5. The van der Waals surface area contributed by atoms with Crippen molar-refractivity contribution in [1.29, 1.82) is 0 Å². The molecule has 0 aliphatic carbocycles. The van der Waals surface area contributed by atoms with Crippen LogP contribution in [-0.4, -0.2) is 65.0 Å². The lowest BCUT2D eigenvalue weighted by molar-refractivity contribution is -0.167. The molecule has 7 nitrogen and oxygen atoms in total. The van der Waals surface area contributed by atoms with Gasteiger partial charge in [0.25, 0.3) is 5.92 Å². The molecule has 2 atom stereocenters. The molecule has 1 aromatic carbocycles. The van der Waals surface area contributed by atoms with E-state index in [1.807, 2.05) is 6.07 Å². The molecule has 176 valence electrons. The Labute approximate surface area is 186 Å². The average molecular weight is 452 g/mol. The first-order valence-electron chi connectivity index (χ1n) is 10.6. The molecule has 32 heavy (non-hydrogen) atoms. The number of hydrogen-bond acceptors (Lipinski definition) is 5. The number of carbonyl (C=O) groups excluding carboxylic acids is 3. The third-order valence-corrected chi connectivity index (χ3v) is 5.58. The lowest BCUT2D eigenvalue weighted by atomic mass is 9.92. The van der Waals surface area contributed by atoms with E-state index in [1.54, 1.807) is 58.9 Å². The maximum atomic E-state index is 14.7. The molecule has 2 saturated heterocycles. The molecule has 3 rings (SSSR count). The summed E-state index contributed by atoms with van der Waals surface area (Å²) in [4.78, 5) is 40.1. The summed E-state index contributed by atoms with van der Waals surface area (Å²) in [6, 6.07) is 7.87. The van der Waals surface area contributed by atoms with Crippen molar-refractivity contribution in [2.75, 3.05) is 19.6 Å². The number of carbonyl (C=O) groups is 3. The van der Waals surface area contributed by atoms with E-state index in [9.17, 15) is 23.2 Å². The molecule has 2 heterocycles. The van der Waals surface area contributed by atoms with Crippen molar-refractivity contribution in [3.8, 4) is 0 Å². The summed E-state index contributed by atoms with van der Waals surface area (Å²) in [5.41, 5.74) is -1.09. The van der Waals surface area contributed by atoms with E-state index in [4.69, 9.17) is 9.47 Å². The van der Waals surface area contributed by atoms with Gasteiger partial charge in [0.05, 0.1) is 18.0 Å². The minimum absolute atomic E-state index is 0.0531. The van der Waals surface area contributed by atoms with Crippen LogP contribution < -0.4 is 0 Å². The second-order valence-electron chi connectivity index (χ2n) is 10.1. The Bertz CT molecular complexity index is 882. The first kappa shape index (κ1) is 23.9. The minimum Gasteiger partial charge on any atom is -0.460 e. The fourth-order valence-corrected chi connectivity index (χ4v) is 4.07. The quantitative estimate of drug-likeness (QED) is 0.640. The second kappa shape index (κ2) is 8.33. The van der Waals surface area contributed by atoms with Crippen LogP contribution in [0, 0.1) is 11.3 Å². The van der Waals surface area contributed by atoms with Crippen LogP contribution in [0.3, 0.4) is 0 Å². The standard InChI is InChI=1S/C23H30F2N2O5/c1-21(2,3)32-19(29)22(4,5)13-26-11-16-17(18(26)28)23(24,25)14-27(16)20(30)31-12-15-9-7-6-8-10-15/h6-10,16-17H,11-14H2,1-5H3/t16-,17-/m0/s1. The molecule has 0 radical (unpaired) electrons. The number of nitrogens with zero attached hydrogens (tertiary/aromatic N) is 2. The zero-order valence-electron chi connectivity index (χ0n) is 19.1. The van der Waals surface area contributed by atoms with E-state index in [0.717, 1.165) is 10.5 Å². The van der Waals surface area contributed by atoms with Gasteiger partial charge < -0.3 is 14.4 Å². The highest BCUT2D eigenvalue weighted by Gasteiger charge is 2.64. The number of likely N-dealkylation sites (tertiary alicyclic amines) is 2. The van der Waals surface area contributed by atoms with Gasteiger partial charge in [-0.15, -0.1) is 0 Å². The Morgan fingerprint density at radius 3 is 2.34 bits per heavy atom. The monoisotopic (exact) mass is 452 g/mol. The summed E-state index contributed by atoms with van der Waals surface area (Å²) in [5, 5.41) is 0. The Hall–Kier alpha value is -2.71. The van der Waals surface area contributed by atoms with Gasteiger partial charge in [0.1, 0.15) is 18.1 Å². The molecule has 0 saturated carbocycles. The van der Waals surface area contributed by atoms with Crippen molar-refractivity contribution >= 4 is 18.0 Å². The van der Waals surface area contributed by atoms with Gasteiger partial charge in [-0.05, 0) is 40.2 Å². The van der Waals surface area contributed by atoms with Gasteiger partial charge in [0.15, 0.2) is 0 Å². The Morgan fingerprint density at radius 1 is 1.12 bits per heavy atom. The van der Waals surface area contributed by atoms with Gasteiger partial charge >= 0.3 is 12.1 Å². The van der Waals surface area contributed by atoms with E-state index in [2.05, 4.69) is 0 Å². The largest absolute Gasteiger partial charge is 0.460 e. The van der Waals surface area contributed by atoms with Crippen LogP contribution in [0.25, 0.3) is 0 Å². The Kier molecular flexibility index (Phi) is 6.23. The zero-order valence-corrected chi connectivity index (χ0v) is 19.1. The van der Waals surface area contributed by atoms with Crippen molar-refractivity contribution < 1.29 is 32.6 Å². The van der Waals surface area contributed by atoms with Crippen LogP contribution in [-0.2, 0) is 25.7 Å². The molecule has 1 aromatic rings. The van der Waals surface area contributed by atoms with Crippen molar-refractivity contribution in [2.45, 2.75) is 58.8 Å². The average Bonchev–Trinajstić information content (AvgIpc) is 3.13. The third-order valence-electron chi connectivity index (χ3n) is 5.58. The third kappa shape index (κ3) is 5.02. The highest BCUT2D eigenvalue weighted by molar-refractivity contribution is 5.86.